The third-order valence-electron chi connectivity index (χ3n) is 4.59. The van der Waals surface area contributed by atoms with Gasteiger partial charge in [-0.3, -0.25) is 4.90 Å². The summed E-state index contributed by atoms with van der Waals surface area (Å²) in [5.41, 5.74) is -0.794. The molecule has 1 N–H and O–H groups in total. The minimum Gasteiger partial charge on any atom is -0.396 e. The Hall–Kier alpha value is -1.18. The van der Waals surface area contributed by atoms with Crippen LogP contribution < -0.4 is 0 Å². The quantitative estimate of drug-likeness (QED) is 0.829. The van der Waals surface area contributed by atoms with Crippen molar-refractivity contribution in [2.45, 2.75) is 25.6 Å². The molecule has 1 aromatic carbocycles. The van der Waals surface area contributed by atoms with Gasteiger partial charge in [-0.25, -0.2) is 4.39 Å². The predicted molar refractivity (Wildman–Crippen MR) is 84.0 cm³/mol. The van der Waals surface area contributed by atoms with Crippen molar-refractivity contribution in [3.63, 3.8) is 0 Å². The molecule has 0 bridgehead atoms. The number of rotatable bonds is 5. The van der Waals surface area contributed by atoms with Crippen LogP contribution >= 0.6 is 0 Å². The summed E-state index contributed by atoms with van der Waals surface area (Å²) in [4.78, 5) is 4.05. The maximum absolute atomic E-state index is 13.5. The van der Waals surface area contributed by atoms with Gasteiger partial charge in [0.15, 0.2) is 0 Å². The first-order valence-corrected chi connectivity index (χ1v) is 7.98. The zero-order valence-electron chi connectivity index (χ0n) is 14.0. The van der Waals surface area contributed by atoms with Crippen molar-refractivity contribution in [3.05, 3.63) is 35.1 Å². The lowest BCUT2D eigenvalue weighted by Crippen LogP contribution is -2.46. The number of alkyl halides is 3. The van der Waals surface area contributed by atoms with E-state index in [1.807, 2.05) is 23.9 Å². The van der Waals surface area contributed by atoms with Crippen LogP contribution in [-0.2, 0) is 12.7 Å². The fourth-order valence-corrected chi connectivity index (χ4v) is 3.39. The van der Waals surface area contributed by atoms with Crippen molar-refractivity contribution in [2.24, 2.45) is 5.41 Å². The normalized spacial score (nSPS) is 19.0. The van der Waals surface area contributed by atoms with E-state index in [2.05, 4.69) is 0 Å². The number of aliphatic hydroxyl groups excluding tert-OH is 1. The number of benzene rings is 1. The van der Waals surface area contributed by atoms with Crippen LogP contribution in [0, 0.1) is 11.2 Å². The SMILES string of the molecule is CN(C)CC1(CO)CCN(Cc2cc(F)cc(C(F)(F)F)c2)CC1. The van der Waals surface area contributed by atoms with Gasteiger partial charge in [0.1, 0.15) is 5.82 Å². The Labute approximate surface area is 139 Å². The van der Waals surface area contributed by atoms with Gasteiger partial charge in [0.2, 0.25) is 0 Å². The summed E-state index contributed by atoms with van der Waals surface area (Å²) in [6.07, 6.45) is -3.01. The van der Waals surface area contributed by atoms with Crippen LogP contribution in [0.25, 0.3) is 0 Å². The van der Waals surface area contributed by atoms with E-state index in [1.165, 1.54) is 0 Å². The van der Waals surface area contributed by atoms with Crippen LogP contribution in [0.1, 0.15) is 24.0 Å². The average Bonchev–Trinajstić information content (AvgIpc) is 2.47. The molecule has 1 saturated heterocycles. The molecule has 0 aliphatic carbocycles. The molecule has 0 aromatic heterocycles. The first-order valence-electron chi connectivity index (χ1n) is 7.98. The van der Waals surface area contributed by atoms with Gasteiger partial charge in [0.05, 0.1) is 12.2 Å². The fourth-order valence-electron chi connectivity index (χ4n) is 3.39. The lowest BCUT2D eigenvalue weighted by Gasteiger charge is -2.42. The molecule has 1 aromatic rings. The van der Waals surface area contributed by atoms with Gasteiger partial charge < -0.3 is 10.0 Å². The Morgan fingerprint density at radius 3 is 2.29 bits per heavy atom. The average molecular weight is 348 g/mol. The molecule has 2 rings (SSSR count). The van der Waals surface area contributed by atoms with E-state index in [0.29, 0.717) is 24.7 Å². The molecule has 0 saturated carbocycles. The molecule has 136 valence electrons. The second-order valence-corrected chi connectivity index (χ2v) is 7.02. The highest BCUT2D eigenvalue weighted by molar-refractivity contribution is 5.26. The number of hydrogen-bond acceptors (Lipinski definition) is 3. The van der Waals surface area contributed by atoms with E-state index in [0.717, 1.165) is 31.5 Å². The van der Waals surface area contributed by atoms with Crippen LogP contribution in [0.15, 0.2) is 18.2 Å². The summed E-state index contributed by atoms with van der Waals surface area (Å²) < 4.78 is 51.8. The highest BCUT2D eigenvalue weighted by atomic mass is 19.4. The van der Waals surface area contributed by atoms with Crippen molar-refractivity contribution in [2.75, 3.05) is 40.3 Å². The minimum absolute atomic E-state index is 0.0945. The Morgan fingerprint density at radius 2 is 1.79 bits per heavy atom. The van der Waals surface area contributed by atoms with Crippen LogP contribution in [0.5, 0.6) is 0 Å². The molecule has 0 atom stereocenters. The summed E-state index contributed by atoms with van der Waals surface area (Å²) in [5.74, 6) is -0.867. The molecule has 1 fully saturated rings. The van der Waals surface area contributed by atoms with E-state index >= 15 is 0 Å². The summed E-state index contributed by atoms with van der Waals surface area (Å²) in [5, 5.41) is 9.71. The number of aliphatic hydroxyl groups is 1. The van der Waals surface area contributed by atoms with Crippen molar-refractivity contribution in [1.82, 2.24) is 9.80 Å². The smallest absolute Gasteiger partial charge is 0.396 e. The predicted octanol–water partition coefficient (Wildman–Crippen LogP) is 2.98. The van der Waals surface area contributed by atoms with Gasteiger partial charge in [0, 0.05) is 18.5 Å². The second kappa shape index (κ2) is 7.37. The fraction of sp³-hybridized carbons (Fsp3) is 0.647. The first kappa shape index (κ1) is 19.1. The molecule has 1 aliphatic heterocycles. The number of halogens is 4. The van der Waals surface area contributed by atoms with Crippen LogP contribution in [0.2, 0.25) is 0 Å². The second-order valence-electron chi connectivity index (χ2n) is 7.02. The number of likely N-dealkylation sites (tertiary alicyclic amines) is 1. The maximum atomic E-state index is 13.5. The summed E-state index contributed by atoms with van der Waals surface area (Å²) in [7, 11) is 3.91. The number of nitrogens with zero attached hydrogens (tertiary/aromatic N) is 2. The maximum Gasteiger partial charge on any atom is 0.416 e. The van der Waals surface area contributed by atoms with Gasteiger partial charge in [-0.2, -0.15) is 13.2 Å². The van der Waals surface area contributed by atoms with Gasteiger partial charge >= 0.3 is 6.18 Å². The molecular weight excluding hydrogens is 324 g/mol. The van der Waals surface area contributed by atoms with E-state index in [1.54, 1.807) is 0 Å². The van der Waals surface area contributed by atoms with Crippen molar-refractivity contribution in [1.29, 1.82) is 0 Å². The van der Waals surface area contributed by atoms with Gasteiger partial charge in [0.25, 0.3) is 0 Å². The minimum atomic E-state index is -4.55. The van der Waals surface area contributed by atoms with Crippen LogP contribution in [-0.4, -0.2) is 55.2 Å². The molecule has 0 amide bonds. The molecule has 1 aliphatic rings. The summed E-state index contributed by atoms with van der Waals surface area (Å²) >= 11 is 0. The molecule has 0 spiro atoms. The number of hydrogen-bond donors (Lipinski definition) is 1. The highest BCUT2D eigenvalue weighted by Crippen LogP contribution is 2.33. The zero-order valence-corrected chi connectivity index (χ0v) is 14.0. The lowest BCUT2D eigenvalue weighted by atomic mass is 9.78. The van der Waals surface area contributed by atoms with Crippen molar-refractivity contribution >= 4 is 0 Å². The number of piperidine rings is 1. The molecular formula is C17H24F4N2O. The van der Waals surface area contributed by atoms with E-state index in [9.17, 15) is 22.7 Å². The Morgan fingerprint density at radius 1 is 1.17 bits per heavy atom. The van der Waals surface area contributed by atoms with Crippen LogP contribution in [0.3, 0.4) is 0 Å². The monoisotopic (exact) mass is 348 g/mol. The molecule has 24 heavy (non-hydrogen) atoms. The molecule has 1 heterocycles. The van der Waals surface area contributed by atoms with Gasteiger partial charge in [-0.1, -0.05) is 0 Å². The zero-order chi connectivity index (χ0) is 18.0. The molecule has 3 nitrogen and oxygen atoms in total. The third-order valence-corrected chi connectivity index (χ3v) is 4.59. The van der Waals surface area contributed by atoms with E-state index in [-0.39, 0.29) is 18.6 Å². The van der Waals surface area contributed by atoms with E-state index in [4.69, 9.17) is 0 Å². The van der Waals surface area contributed by atoms with Gasteiger partial charge in [-0.05, 0) is 63.8 Å². The highest BCUT2D eigenvalue weighted by Gasteiger charge is 2.35. The Bertz CT molecular complexity index is 552. The van der Waals surface area contributed by atoms with Crippen molar-refractivity contribution < 1.29 is 22.7 Å². The third kappa shape index (κ3) is 4.91. The largest absolute Gasteiger partial charge is 0.416 e. The van der Waals surface area contributed by atoms with Crippen LogP contribution in [0.4, 0.5) is 17.6 Å². The lowest BCUT2D eigenvalue weighted by molar-refractivity contribution is -0.137. The van der Waals surface area contributed by atoms with E-state index < -0.39 is 17.6 Å². The summed E-state index contributed by atoms with van der Waals surface area (Å²) in [6.45, 7) is 2.50. The molecule has 7 heteroatoms. The first-order chi connectivity index (χ1) is 11.1. The Balaban J connectivity index is 2.03. The molecule has 0 radical (unpaired) electrons. The summed E-state index contributed by atoms with van der Waals surface area (Å²) in [6, 6.07) is 2.69. The molecule has 0 unspecified atom stereocenters. The van der Waals surface area contributed by atoms with Crippen molar-refractivity contribution in [3.8, 4) is 0 Å². The topological polar surface area (TPSA) is 26.7 Å². The standard InChI is InChI=1S/C17H24F4N2O/c1-22(2)11-16(12-24)3-5-23(6-4-16)10-13-7-14(17(19,20)21)9-15(18)8-13/h7-9,24H,3-6,10-12H2,1-2H3. The van der Waals surface area contributed by atoms with Gasteiger partial charge in [-0.15, -0.1) is 0 Å². The Kier molecular flexibility index (Phi) is 5.88.